The fourth-order valence-electron chi connectivity index (χ4n) is 4.31. The summed E-state index contributed by atoms with van der Waals surface area (Å²) in [5.74, 6) is 6.21. The van der Waals surface area contributed by atoms with Gasteiger partial charge in [-0.05, 0) is 54.3 Å². The summed E-state index contributed by atoms with van der Waals surface area (Å²) in [6.45, 7) is 21.9. The molecule has 0 radical (unpaired) electrons. The normalized spacial score (nSPS) is 21.3. The average molecular weight is 325 g/mol. The molecule has 0 saturated carbocycles. The van der Waals surface area contributed by atoms with Crippen molar-refractivity contribution in [1.82, 2.24) is 0 Å². The van der Waals surface area contributed by atoms with Crippen molar-refractivity contribution in [2.24, 2.45) is 41.4 Å². The van der Waals surface area contributed by atoms with Crippen molar-refractivity contribution in [3.8, 4) is 0 Å². The standard InChI is InChI=1S/C23H48/c1-10-13-19(6)20(7)14-15-23(18(5)12-3)22(9)16-21(8)17(4)11-2/h17-23H,10-16H2,1-9H3. The SMILES string of the molecule is CCCC(C)C(C)CCC(C(C)CC)C(C)CC(C)C(C)CC. The van der Waals surface area contributed by atoms with E-state index in [4.69, 9.17) is 0 Å². The van der Waals surface area contributed by atoms with Crippen LogP contribution in [0.2, 0.25) is 0 Å². The fraction of sp³-hybridized carbons (Fsp3) is 1.00. The van der Waals surface area contributed by atoms with Crippen LogP contribution in [-0.2, 0) is 0 Å². The van der Waals surface area contributed by atoms with Crippen LogP contribution in [0.4, 0.5) is 0 Å². The molecule has 0 saturated heterocycles. The van der Waals surface area contributed by atoms with Crippen molar-refractivity contribution in [2.75, 3.05) is 0 Å². The molecule has 0 aromatic carbocycles. The van der Waals surface area contributed by atoms with Gasteiger partial charge >= 0.3 is 0 Å². The van der Waals surface area contributed by atoms with Crippen molar-refractivity contribution >= 4 is 0 Å². The Hall–Kier alpha value is 0. The zero-order valence-corrected chi connectivity index (χ0v) is 18.0. The third-order valence-corrected chi connectivity index (χ3v) is 7.14. The minimum atomic E-state index is 0.873. The van der Waals surface area contributed by atoms with E-state index in [2.05, 4.69) is 62.3 Å². The summed E-state index contributed by atoms with van der Waals surface area (Å²) in [5.41, 5.74) is 0. The lowest BCUT2D eigenvalue weighted by Gasteiger charge is -2.33. The van der Waals surface area contributed by atoms with Gasteiger partial charge in [-0.1, -0.05) is 94.4 Å². The lowest BCUT2D eigenvalue weighted by atomic mass is 9.72. The Labute approximate surface area is 149 Å². The highest BCUT2D eigenvalue weighted by molar-refractivity contribution is 4.76. The van der Waals surface area contributed by atoms with Crippen LogP contribution in [0, 0.1) is 41.4 Å². The van der Waals surface area contributed by atoms with Crippen molar-refractivity contribution in [2.45, 2.75) is 107 Å². The summed E-state index contributed by atoms with van der Waals surface area (Å²) >= 11 is 0. The Morgan fingerprint density at radius 2 is 1.00 bits per heavy atom. The zero-order valence-electron chi connectivity index (χ0n) is 18.0. The van der Waals surface area contributed by atoms with E-state index >= 15 is 0 Å². The third-order valence-electron chi connectivity index (χ3n) is 7.14. The Morgan fingerprint density at radius 3 is 1.48 bits per heavy atom. The van der Waals surface area contributed by atoms with Crippen LogP contribution in [0.3, 0.4) is 0 Å². The maximum absolute atomic E-state index is 2.54. The Bertz CT molecular complexity index is 269. The lowest BCUT2D eigenvalue weighted by Crippen LogP contribution is -2.24. The molecule has 0 fully saturated rings. The molecule has 7 atom stereocenters. The van der Waals surface area contributed by atoms with Crippen molar-refractivity contribution < 1.29 is 0 Å². The number of hydrogen-bond donors (Lipinski definition) is 0. The van der Waals surface area contributed by atoms with Gasteiger partial charge in [0.1, 0.15) is 0 Å². The van der Waals surface area contributed by atoms with E-state index in [1.165, 1.54) is 44.9 Å². The average Bonchev–Trinajstić information content (AvgIpc) is 2.53. The molecular weight excluding hydrogens is 276 g/mol. The van der Waals surface area contributed by atoms with Crippen LogP contribution in [0.25, 0.3) is 0 Å². The number of rotatable bonds is 13. The second-order valence-electron chi connectivity index (χ2n) is 8.95. The maximum atomic E-state index is 2.54. The van der Waals surface area contributed by atoms with Gasteiger partial charge in [0, 0.05) is 0 Å². The van der Waals surface area contributed by atoms with Crippen molar-refractivity contribution in [3.05, 3.63) is 0 Å². The van der Waals surface area contributed by atoms with Gasteiger partial charge in [0.05, 0.1) is 0 Å². The largest absolute Gasteiger partial charge is 0.0654 e. The summed E-state index contributed by atoms with van der Waals surface area (Å²) in [4.78, 5) is 0. The molecule has 0 aliphatic carbocycles. The van der Waals surface area contributed by atoms with Gasteiger partial charge < -0.3 is 0 Å². The van der Waals surface area contributed by atoms with Gasteiger partial charge in [0.2, 0.25) is 0 Å². The molecule has 0 heteroatoms. The van der Waals surface area contributed by atoms with Gasteiger partial charge in [0.25, 0.3) is 0 Å². The Kier molecular flexibility index (Phi) is 12.4. The van der Waals surface area contributed by atoms with Crippen molar-refractivity contribution in [1.29, 1.82) is 0 Å². The van der Waals surface area contributed by atoms with Gasteiger partial charge in [-0.2, -0.15) is 0 Å². The zero-order chi connectivity index (χ0) is 18.0. The number of hydrogen-bond acceptors (Lipinski definition) is 0. The van der Waals surface area contributed by atoms with Gasteiger partial charge in [0.15, 0.2) is 0 Å². The van der Waals surface area contributed by atoms with E-state index < -0.39 is 0 Å². The summed E-state index contributed by atoms with van der Waals surface area (Å²) in [6, 6.07) is 0. The molecule has 0 nitrogen and oxygen atoms in total. The predicted molar refractivity (Wildman–Crippen MR) is 108 cm³/mol. The first-order chi connectivity index (χ1) is 10.8. The van der Waals surface area contributed by atoms with Gasteiger partial charge in [-0.3, -0.25) is 0 Å². The molecule has 140 valence electrons. The molecule has 0 N–H and O–H groups in total. The highest BCUT2D eigenvalue weighted by atomic mass is 14.3. The minimum Gasteiger partial charge on any atom is -0.0654 e. The molecule has 23 heavy (non-hydrogen) atoms. The summed E-state index contributed by atoms with van der Waals surface area (Å²) in [6.07, 6.45) is 9.69. The first-order valence-corrected chi connectivity index (χ1v) is 10.8. The van der Waals surface area contributed by atoms with E-state index in [1.54, 1.807) is 0 Å². The van der Waals surface area contributed by atoms with E-state index in [0.29, 0.717) is 0 Å². The van der Waals surface area contributed by atoms with Gasteiger partial charge in [-0.15, -0.1) is 0 Å². The molecule has 0 aromatic rings. The molecule has 0 rings (SSSR count). The quantitative estimate of drug-likeness (QED) is 0.320. The Balaban J connectivity index is 4.62. The van der Waals surface area contributed by atoms with E-state index in [9.17, 15) is 0 Å². The second kappa shape index (κ2) is 12.4. The minimum absolute atomic E-state index is 0.873. The molecule has 0 aliphatic rings. The van der Waals surface area contributed by atoms with Crippen LogP contribution in [-0.4, -0.2) is 0 Å². The third kappa shape index (κ3) is 8.59. The first kappa shape index (κ1) is 23.0. The van der Waals surface area contributed by atoms with Crippen LogP contribution < -0.4 is 0 Å². The molecule has 0 spiro atoms. The summed E-state index contributed by atoms with van der Waals surface area (Å²) < 4.78 is 0. The van der Waals surface area contributed by atoms with Gasteiger partial charge in [-0.25, -0.2) is 0 Å². The molecule has 0 bridgehead atoms. The van der Waals surface area contributed by atoms with Crippen LogP contribution in [0.5, 0.6) is 0 Å². The second-order valence-corrected chi connectivity index (χ2v) is 8.95. The van der Waals surface area contributed by atoms with E-state index in [-0.39, 0.29) is 0 Å². The van der Waals surface area contributed by atoms with E-state index in [1.807, 2.05) is 0 Å². The summed E-state index contributed by atoms with van der Waals surface area (Å²) in [5, 5.41) is 0. The van der Waals surface area contributed by atoms with E-state index in [0.717, 1.165) is 41.4 Å². The molecule has 0 amide bonds. The highest BCUT2D eigenvalue weighted by Crippen LogP contribution is 2.36. The first-order valence-electron chi connectivity index (χ1n) is 10.8. The predicted octanol–water partition coefficient (Wildman–Crippen LogP) is 8.21. The molecular formula is C23H48. The Morgan fingerprint density at radius 1 is 0.478 bits per heavy atom. The molecule has 0 aromatic heterocycles. The molecule has 0 aliphatic heterocycles. The molecule has 0 heterocycles. The van der Waals surface area contributed by atoms with Crippen molar-refractivity contribution in [3.63, 3.8) is 0 Å². The topological polar surface area (TPSA) is 0 Å². The summed E-state index contributed by atoms with van der Waals surface area (Å²) in [7, 11) is 0. The monoisotopic (exact) mass is 324 g/mol. The smallest absolute Gasteiger partial charge is 0.0363 e. The maximum Gasteiger partial charge on any atom is -0.0363 e. The van der Waals surface area contributed by atoms with Crippen LogP contribution >= 0.6 is 0 Å². The van der Waals surface area contributed by atoms with Crippen LogP contribution in [0.15, 0.2) is 0 Å². The van der Waals surface area contributed by atoms with Crippen LogP contribution in [0.1, 0.15) is 107 Å². The fourth-order valence-corrected chi connectivity index (χ4v) is 4.31. The lowest BCUT2D eigenvalue weighted by molar-refractivity contribution is 0.168. The highest BCUT2D eigenvalue weighted by Gasteiger charge is 2.26. The molecule has 7 unspecified atom stereocenters.